The van der Waals surface area contributed by atoms with Gasteiger partial charge in [-0.05, 0) is 36.4 Å². The molecule has 19 heavy (non-hydrogen) atoms. The first-order valence-corrected chi connectivity index (χ1v) is 7.39. The number of nitrogens with one attached hydrogen (secondary N) is 1. The number of aryl methyl sites for hydroxylation is 1. The minimum absolute atomic E-state index is 0. The molecule has 1 N–H and O–H groups in total. The Labute approximate surface area is 126 Å². The van der Waals surface area contributed by atoms with Crippen LogP contribution in [0.25, 0.3) is 0 Å². The number of hydrogen-bond donors (Lipinski definition) is 1. The Bertz CT molecular complexity index is 479. The van der Waals surface area contributed by atoms with Crippen LogP contribution in [0.4, 0.5) is 0 Å². The highest BCUT2D eigenvalue weighted by Crippen LogP contribution is 2.14. The molecule has 0 bridgehead atoms. The molecule has 0 radical (unpaired) electrons. The third-order valence-electron chi connectivity index (χ3n) is 2.94. The molecule has 0 spiro atoms. The van der Waals surface area contributed by atoms with E-state index < -0.39 is 0 Å². The van der Waals surface area contributed by atoms with Gasteiger partial charge >= 0.3 is 0 Å². The monoisotopic (exact) mass is 293 g/mol. The van der Waals surface area contributed by atoms with E-state index in [0.717, 1.165) is 13.1 Å². The molecule has 1 nitrogen and oxygen atoms in total. The molecule has 0 aliphatic heterocycles. The maximum absolute atomic E-state index is 3.47. The van der Waals surface area contributed by atoms with Crippen LogP contribution in [0.2, 0.25) is 0 Å². The van der Waals surface area contributed by atoms with Gasteiger partial charge in [-0.1, -0.05) is 42.0 Å². The summed E-state index contributed by atoms with van der Waals surface area (Å²) in [6.45, 7) is 3.96. The Kier molecular flexibility index (Phi) is 7.00. The van der Waals surface area contributed by atoms with Gasteiger partial charge in [-0.3, -0.25) is 0 Å². The first-order chi connectivity index (χ1) is 8.78. The minimum atomic E-state index is 0. The smallest absolute Gasteiger partial charge is 0.0208 e. The molecule has 2 aromatic carbocycles. The van der Waals surface area contributed by atoms with Crippen molar-refractivity contribution in [3.05, 3.63) is 65.2 Å². The van der Waals surface area contributed by atoms with Gasteiger partial charge in [-0.15, -0.1) is 24.2 Å². The summed E-state index contributed by atoms with van der Waals surface area (Å²) < 4.78 is 0. The van der Waals surface area contributed by atoms with Crippen molar-refractivity contribution in [2.24, 2.45) is 0 Å². The molecule has 0 aliphatic rings. The fourth-order valence-electron chi connectivity index (χ4n) is 1.80. The van der Waals surface area contributed by atoms with E-state index in [0.29, 0.717) is 0 Å². The Morgan fingerprint density at radius 2 is 1.32 bits per heavy atom. The lowest BCUT2D eigenvalue weighted by Gasteiger charge is -2.06. The number of thioether (sulfide) groups is 1. The summed E-state index contributed by atoms with van der Waals surface area (Å²) in [5.41, 5.74) is 3.98. The lowest BCUT2D eigenvalue weighted by Crippen LogP contribution is -2.12. The van der Waals surface area contributed by atoms with Crippen molar-refractivity contribution in [3.8, 4) is 0 Å². The van der Waals surface area contributed by atoms with Crippen molar-refractivity contribution in [1.82, 2.24) is 5.32 Å². The Morgan fingerprint density at radius 3 is 1.79 bits per heavy atom. The SMILES string of the molecule is CSc1ccc(CNCc2ccc(C)cc2)cc1.Cl. The van der Waals surface area contributed by atoms with Crippen molar-refractivity contribution in [3.63, 3.8) is 0 Å². The molecule has 0 unspecified atom stereocenters. The zero-order chi connectivity index (χ0) is 12.8. The molecule has 0 saturated heterocycles. The van der Waals surface area contributed by atoms with Crippen LogP contribution in [-0.2, 0) is 13.1 Å². The molecule has 0 amide bonds. The van der Waals surface area contributed by atoms with Crippen LogP contribution in [0, 0.1) is 6.92 Å². The maximum Gasteiger partial charge on any atom is 0.0208 e. The highest BCUT2D eigenvalue weighted by atomic mass is 35.5. The predicted molar refractivity (Wildman–Crippen MR) is 87.2 cm³/mol. The molecule has 0 heterocycles. The lowest BCUT2D eigenvalue weighted by molar-refractivity contribution is 0.693. The van der Waals surface area contributed by atoms with Gasteiger partial charge in [-0.2, -0.15) is 0 Å². The molecule has 0 fully saturated rings. The number of rotatable bonds is 5. The van der Waals surface area contributed by atoms with Gasteiger partial charge in [-0.25, -0.2) is 0 Å². The van der Waals surface area contributed by atoms with Gasteiger partial charge in [0.25, 0.3) is 0 Å². The lowest BCUT2D eigenvalue weighted by atomic mass is 10.1. The van der Waals surface area contributed by atoms with Crippen LogP contribution in [0.1, 0.15) is 16.7 Å². The van der Waals surface area contributed by atoms with Crippen LogP contribution in [0.15, 0.2) is 53.4 Å². The molecular formula is C16H20ClNS. The summed E-state index contributed by atoms with van der Waals surface area (Å²) in [5.74, 6) is 0. The van der Waals surface area contributed by atoms with E-state index in [2.05, 4.69) is 67.0 Å². The Hall–Kier alpha value is -0.960. The van der Waals surface area contributed by atoms with Crippen LogP contribution in [0.5, 0.6) is 0 Å². The number of hydrogen-bond acceptors (Lipinski definition) is 2. The Balaban J connectivity index is 0.00000180. The average molecular weight is 294 g/mol. The van der Waals surface area contributed by atoms with Gasteiger partial charge in [0.15, 0.2) is 0 Å². The van der Waals surface area contributed by atoms with Crippen molar-refractivity contribution in [2.45, 2.75) is 24.9 Å². The van der Waals surface area contributed by atoms with E-state index in [1.165, 1.54) is 21.6 Å². The highest BCUT2D eigenvalue weighted by molar-refractivity contribution is 7.98. The summed E-state index contributed by atoms with van der Waals surface area (Å²) in [5, 5.41) is 3.47. The predicted octanol–water partition coefficient (Wildman–Crippen LogP) is 4.43. The van der Waals surface area contributed by atoms with E-state index >= 15 is 0 Å². The second kappa shape index (κ2) is 8.26. The summed E-state index contributed by atoms with van der Waals surface area (Å²) in [6, 6.07) is 17.4. The third-order valence-corrected chi connectivity index (χ3v) is 3.68. The zero-order valence-electron chi connectivity index (χ0n) is 11.3. The summed E-state index contributed by atoms with van der Waals surface area (Å²) in [6.07, 6.45) is 2.10. The molecule has 3 heteroatoms. The van der Waals surface area contributed by atoms with Crippen molar-refractivity contribution in [2.75, 3.05) is 6.26 Å². The standard InChI is InChI=1S/C16H19NS.ClH/c1-13-3-5-14(6-4-13)11-17-12-15-7-9-16(18-2)10-8-15;/h3-10,17H,11-12H2,1-2H3;1H. The molecule has 0 atom stereocenters. The first kappa shape index (κ1) is 16.1. The zero-order valence-corrected chi connectivity index (χ0v) is 13.0. The molecule has 0 saturated carbocycles. The second-order valence-corrected chi connectivity index (χ2v) is 5.32. The van der Waals surface area contributed by atoms with Crippen molar-refractivity contribution in [1.29, 1.82) is 0 Å². The van der Waals surface area contributed by atoms with Gasteiger partial charge < -0.3 is 5.32 Å². The van der Waals surface area contributed by atoms with E-state index in [1.807, 2.05) is 0 Å². The minimum Gasteiger partial charge on any atom is -0.309 e. The van der Waals surface area contributed by atoms with Crippen molar-refractivity contribution < 1.29 is 0 Å². The molecule has 0 aliphatic carbocycles. The number of benzene rings is 2. The second-order valence-electron chi connectivity index (χ2n) is 4.44. The van der Waals surface area contributed by atoms with E-state index in [9.17, 15) is 0 Å². The van der Waals surface area contributed by atoms with E-state index in [1.54, 1.807) is 11.8 Å². The fraction of sp³-hybridized carbons (Fsp3) is 0.250. The van der Waals surface area contributed by atoms with Crippen LogP contribution >= 0.6 is 24.2 Å². The third kappa shape index (κ3) is 5.27. The van der Waals surface area contributed by atoms with E-state index in [4.69, 9.17) is 0 Å². The largest absolute Gasteiger partial charge is 0.309 e. The highest BCUT2D eigenvalue weighted by Gasteiger charge is 1.95. The molecule has 2 aromatic rings. The van der Waals surface area contributed by atoms with Crippen LogP contribution in [-0.4, -0.2) is 6.26 Å². The maximum atomic E-state index is 3.47. The molecule has 2 rings (SSSR count). The Morgan fingerprint density at radius 1 is 0.842 bits per heavy atom. The van der Waals surface area contributed by atoms with Gasteiger partial charge in [0.2, 0.25) is 0 Å². The van der Waals surface area contributed by atoms with Crippen LogP contribution < -0.4 is 5.32 Å². The van der Waals surface area contributed by atoms with Gasteiger partial charge in [0, 0.05) is 18.0 Å². The molecular weight excluding hydrogens is 274 g/mol. The van der Waals surface area contributed by atoms with Gasteiger partial charge in [0.05, 0.1) is 0 Å². The van der Waals surface area contributed by atoms with E-state index in [-0.39, 0.29) is 12.4 Å². The normalized spacial score (nSPS) is 10.0. The fourth-order valence-corrected chi connectivity index (χ4v) is 2.21. The topological polar surface area (TPSA) is 12.0 Å². The quantitative estimate of drug-likeness (QED) is 0.819. The summed E-state index contributed by atoms with van der Waals surface area (Å²) in [7, 11) is 0. The van der Waals surface area contributed by atoms with Gasteiger partial charge in [0.1, 0.15) is 0 Å². The molecule has 0 aromatic heterocycles. The first-order valence-electron chi connectivity index (χ1n) is 6.17. The summed E-state index contributed by atoms with van der Waals surface area (Å²) >= 11 is 1.78. The van der Waals surface area contributed by atoms with Crippen molar-refractivity contribution >= 4 is 24.2 Å². The summed E-state index contributed by atoms with van der Waals surface area (Å²) in [4.78, 5) is 1.32. The molecule has 102 valence electrons. The van der Waals surface area contributed by atoms with Crippen LogP contribution in [0.3, 0.4) is 0 Å². The average Bonchev–Trinajstić information content (AvgIpc) is 2.42. The number of halogens is 1.